The molecule has 8 heteroatoms. The molecule has 0 amide bonds. The van der Waals surface area contributed by atoms with E-state index in [0.29, 0.717) is 11.4 Å². The molecule has 2 fully saturated rings. The molecule has 0 bridgehead atoms. The van der Waals surface area contributed by atoms with Gasteiger partial charge in [-0.05, 0) is 72.3 Å². The van der Waals surface area contributed by atoms with Gasteiger partial charge in [-0.2, -0.15) is 0 Å². The fourth-order valence-corrected chi connectivity index (χ4v) is 5.32. The van der Waals surface area contributed by atoms with E-state index in [2.05, 4.69) is 106 Å². The molecule has 0 spiro atoms. The Hall–Kier alpha value is -1.61. The maximum absolute atomic E-state index is 12.7. The molecule has 0 unspecified atom stereocenters. The summed E-state index contributed by atoms with van der Waals surface area (Å²) in [6, 6.07) is 8.04. The van der Waals surface area contributed by atoms with Gasteiger partial charge in [0.25, 0.3) is 0 Å². The molecule has 0 aromatic heterocycles. The summed E-state index contributed by atoms with van der Waals surface area (Å²) in [6.45, 7) is 47.3. The molecule has 4 rings (SSSR count). The van der Waals surface area contributed by atoms with Gasteiger partial charge in [0.05, 0.1) is 0 Å². The molecule has 0 radical (unpaired) electrons. The van der Waals surface area contributed by atoms with Gasteiger partial charge in [0.2, 0.25) is 0 Å². The van der Waals surface area contributed by atoms with Crippen LogP contribution in [-0.2, 0) is 61.7 Å². The molecule has 320 valence electrons. The van der Waals surface area contributed by atoms with E-state index in [9.17, 15) is 10.2 Å². The maximum Gasteiger partial charge on any atom is 4.00 e. The number of nitrogens with zero attached hydrogens (tertiary/aromatic N) is 2. The van der Waals surface area contributed by atoms with E-state index < -0.39 is 0 Å². The largest absolute Gasteiger partial charge is 4.00 e. The van der Waals surface area contributed by atoms with Gasteiger partial charge in [-0.3, -0.25) is 0 Å². The summed E-state index contributed by atoms with van der Waals surface area (Å²) in [5.41, 5.74) is 4.43. The zero-order valence-corrected chi connectivity index (χ0v) is 43.4. The molecule has 2 aliphatic heterocycles. The van der Waals surface area contributed by atoms with Gasteiger partial charge >= 0.3 is 25.8 Å². The molecule has 2 aromatic rings. The van der Waals surface area contributed by atoms with Gasteiger partial charge in [-0.1, -0.05) is 160 Å². The maximum atomic E-state index is 12.7. The Bertz CT molecular complexity index is 1250. The molecule has 7 nitrogen and oxygen atoms in total. The topological polar surface area (TPSA) is 102 Å². The summed E-state index contributed by atoms with van der Waals surface area (Å²) in [4.78, 5) is 0. The van der Waals surface area contributed by atoms with Crippen molar-refractivity contribution in [1.29, 1.82) is 0 Å². The predicted molar refractivity (Wildman–Crippen MR) is 234 cm³/mol. The van der Waals surface area contributed by atoms with Crippen molar-refractivity contribution in [1.82, 2.24) is 0 Å². The average molecular weight is 948 g/mol. The molecular weight excluding hydrogens is 863 g/mol. The summed E-state index contributed by atoms with van der Waals surface area (Å²) >= 11 is 0. The summed E-state index contributed by atoms with van der Waals surface area (Å²) in [7, 11) is 0. The Kier molecular flexibility index (Phi) is 24.7. The number of hydrogen-bond acceptors (Lipinski definition) is 5. The molecular formula is C48H84HfN2O5. The first-order valence-corrected chi connectivity index (χ1v) is 20.8. The van der Waals surface area contributed by atoms with Crippen molar-refractivity contribution in [3.05, 3.63) is 57.2 Å². The fourth-order valence-electron chi connectivity index (χ4n) is 5.32. The summed E-state index contributed by atoms with van der Waals surface area (Å²) in [5.74, 6) is 0.140. The van der Waals surface area contributed by atoms with Crippen molar-refractivity contribution in [3.8, 4) is 11.5 Å². The number of ether oxygens (including phenoxy) is 3. The van der Waals surface area contributed by atoms with E-state index in [-0.39, 0.29) is 70.1 Å². The van der Waals surface area contributed by atoms with Crippen LogP contribution in [0.3, 0.4) is 0 Å². The van der Waals surface area contributed by atoms with Gasteiger partial charge in [0.1, 0.15) is 0 Å². The van der Waals surface area contributed by atoms with Crippen molar-refractivity contribution >= 4 is 11.4 Å². The van der Waals surface area contributed by atoms with E-state index in [1.165, 1.54) is 36.8 Å². The van der Waals surface area contributed by atoms with Crippen molar-refractivity contribution < 1.29 is 50.3 Å². The third-order valence-corrected chi connectivity index (χ3v) is 8.46. The van der Waals surface area contributed by atoms with E-state index in [0.717, 1.165) is 50.8 Å². The standard InChI is InChI=1S/2C18H30NO.2C4H8O.C4H10O.Hf/c2*1-16(2,3)12-10-13(17(4,5)6)15(20)14(11-12)19-18(7,8)9;2*1-2-4-5-3-1;1-3-5-4-2;/h2*10-11,20H,1-9H3;2*1-4H2;3-4H2,1-2H3;/q2*-1;;;;+4/p-2. The van der Waals surface area contributed by atoms with E-state index in [1.807, 2.05) is 67.5 Å². The van der Waals surface area contributed by atoms with Crippen LogP contribution in [0, 0.1) is 0 Å². The Balaban J connectivity index is 0. The first-order valence-electron chi connectivity index (χ1n) is 20.8. The fraction of sp³-hybridized carbons (Fsp3) is 0.750. The van der Waals surface area contributed by atoms with E-state index in [1.54, 1.807) is 0 Å². The molecule has 0 saturated carbocycles. The first kappa shape index (κ1) is 56.5. The zero-order valence-electron chi connectivity index (χ0n) is 39.8. The molecule has 2 saturated heterocycles. The van der Waals surface area contributed by atoms with Crippen LogP contribution in [0.5, 0.6) is 11.5 Å². The van der Waals surface area contributed by atoms with Crippen molar-refractivity contribution in [3.63, 3.8) is 0 Å². The van der Waals surface area contributed by atoms with Crippen LogP contribution < -0.4 is 10.2 Å². The second kappa shape index (κ2) is 24.5. The van der Waals surface area contributed by atoms with Crippen LogP contribution in [0.2, 0.25) is 0 Å². The summed E-state index contributed by atoms with van der Waals surface area (Å²) in [6.07, 6.45) is 5.11. The minimum Gasteiger partial charge on any atom is -0.873 e. The van der Waals surface area contributed by atoms with Crippen LogP contribution >= 0.6 is 0 Å². The van der Waals surface area contributed by atoms with Crippen LogP contribution in [0.1, 0.15) is 186 Å². The first-order chi connectivity index (χ1) is 24.8. The summed E-state index contributed by atoms with van der Waals surface area (Å²) < 4.78 is 14.7. The minimum atomic E-state index is -0.245. The minimum absolute atomic E-state index is 0. The molecule has 2 aliphatic rings. The SMILES string of the molecule is C1CCOC1.C1CCOC1.CC(C)(C)[N-]c1cc(C(C)(C)C)cc(C(C)(C)C)c1[O-].CC(C)(C)[N-]c1cc(C(C)(C)C)cc(C(C)(C)C)c1[O-].CCOCC.[Hf+4]. The van der Waals surface area contributed by atoms with Crippen LogP contribution in [0.25, 0.3) is 10.6 Å². The van der Waals surface area contributed by atoms with E-state index in [4.69, 9.17) is 14.2 Å². The zero-order chi connectivity index (χ0) is 43.1. The number of rotatable bonds is 4. The van der Waals surface area contributed by atoms with Crippen molar-refractivity contribution in [2.75, 3.05) is 39.6 Å². The molecule has 0 N–H and O–H groups in total. The Morgan fingerprint density at radius 1 is 0.482 bits per heavy atom. The Labute approximate surface area is 365 Å². The molecule has 0 aliphatic carbocycles. The smallest absolute Gasteiger partial charge is 0.873 e. The third-order valence-electron chi connectivity index (χ3n) is 8.46. The number of hydrogen-bond donors (Lipinski definition) is 0. The van der Waals surface area contributed by atoms with E-state index >= 15 is 0 Å². The van der Waals surface area contributed by atoms with Gasteiger partial charge < -0.3 is 35.1 Å². The molecule has 2 heterocycles. The quantitative estimate of drug-likeness (QED) is 0.284. The Morgan fingerprint density at radius 2 is 0.750 bits per heavy atom. The normalized spacial score (nSPS) is 14.6. The second-order valence-electron chi connectivity index (χ2n) is 20.7. The van der Waals surface area contributed by atoms with Crippen molar-refractivity contribution in [2.45, 2.75) is 197 Å². The van der Waals surface area contributed by atoms with Gasteiger partial charge in [-0.25, -0.2) is 0 Å². The molecule has 2 aromatic carbocycles. The predicted octanol–water partition coefficient (Wildman–Crippen LogP) is 13.0. The van der Waals surface area contributed by atoms with Crippen LogP contribution in [0.4, 0.5) is 11.4 Å². The average Bonchev–Trinajstić information content (AvgIpc) is 3.77. The summed E-state index contributed by atoms with van der Waals surface area (Å²) in [5, 5.41) is 34.6. The van der Waals surface area contributed by atoms with Crippen LogP contribution in [-0.4, -0.2) is 50.7 Å². The van der Waals surface area contributed by atoms with Crippen molar-refractivity contribution in [2.24, 2.45) is 0 Å². The molecule has 0 atom stereocenters. The van der Waals surface area contributed by atoms with Gasteiger partial charge in [-0.15, -0.1) is 34.0 Å². The number of benzene rings is 2. The van der Waals surface area contributed by atoms with Crippen LogP contribution in [0.15, 0.2) is 24.3 Å². The van der Waals surface area contributed by atoms with Gasteiger partial charge in [0.15, 0.2) is 0 Å². The van der Waals surface area contributed by atoms with Gasteiger partial charge in [0, 0.05) is 39.6 Å². The molecule has 56 heavy (non-hydrogen) atoms. The monoisotopic (exact) mass is 949 g/mol. The Morgan fingerprint density at radius 3 is 0.893 bits per heavy atom. The second-order valence-corrected chi connectivity index (χ2v) is 20.7. The third kappa shape index (κ3) is 23.7.